The Morgan fingerprint density at radius 3 is 2.29 bits per heavy atom. The van der Waals surface area contributed by atoms with Crippen molar-refractivity contribution < 1.29 is 0 Å². The summed E-state index contributed by atoms with van der Waals surface area (Å²) in [4.78, 5) is 2.62. The topological polar surface area (TPSA) is 29.3 Å². The summed E-state index contributed by atoms with van der Waals surface area (Å²) < 4.78 is 0. The summed E-state index contributed by atoms with van der Waals surface area (Å²) in [6.45, 7) is 7.24. The van der Waals surface area contributed by atoms with Crippen molar-refractivity contribution in [2.75, 3.05) is 13.1 Å². The van der Waals surface area contributed by atoms with E-state index in [1.807, 2.05) is 0 Å². The number of hydrogen-bond donors (Lipinski definition) is 1. The largest absolute Gasteiger partial charge is 0.325 e. The molecule has 2 nitrogen and oxygen atoms in total. The number of nitrogens with two attached hydrogens (primary N) is 1. The third-order valence-corrected chi connectivity index (χ3v) is 5.03. The number of nitrogens with zero attached hydrogens (tertiary/aromatic N) is 1. The van der Waals surface area contributed by atoms with Crippen LogP contribution in [-0.4, -0.2) is 29.6 Å². The smallest absolute Gasteiger partial charge is 0.0154 e. The molecular formula is C15H30N2. The van der Waals surface area contributed by atoms with Crippen LogP contribution in [0.2, 0.25) is 0 Å². The monoisotopic (exact) mass is 238 g/mol. The van der Waals surface area contributed by atoms with Crippen molar-refractivity contribution in [2.45, 2.75) is 76.8 Å². The summed E-state index contributed by atoms with van der Waals surface area (Å²) in [7, 11) is 0. The zero-order valence-electron chi connectivity index (χ0n) is 11.8. The highest BCUT2D eigenvalue weighted by Crippen LogP contribution is 2.34. The number of piperidine rings is 1. The Morgan fingerprint density at radius 1 is 1.18 bits per heavy atom. The summed E-state index contributed by atoms with van der Waals surface area (Å²) >= 11 is 0. The summed E-state index contributed by atoms with van der Waals surface area (Å²) in [5.41, 5.74) is 6.66. The lowest BCUT2D eigenvalue weighted by molar-refractivity contribution is 0.140. The highest BCUT2D eigenvalue weighted by molar-refractivity contribution is 4.90. The second-order valence-electron chi connectivity index (χ2n) is 6.68. The molecule has 0 spiro atoms. The molecule has 0 radical (unpaired) electrons. The Balaban J connectivity index is 1.68. The maximum Gasteiger partial charge on any atom is 0.0154 e. The van der Waals surface area contributed by atoms with E-state index in [0.29, 0.717) is 0 Å². The molecule has 100 valence electrons. The molecule has 0 bridgehead atoms. The molecule has 1 saturated carbocycles. The van der Waals surface area contributed by atoms with Crippen molar-refractivity contribution in [3.63, 3.8) is 0 Å². The number of likely N-dealkylation sites (tertiary alicyclic amines) is 1. The van der Waals surface area contributed by atoms with Crippen molar-refractivity contribution in [1.29, 1.82) is 0 Å². The first kappa shape index (κ1) is 13.4. The van der Waals surface area contributed by atoms with Crippen LogP contribution in [0.15, 0.2) is 0 Å². The molecular weight excluding hydrogens is 208 g/mol. The fourth-order valence-corrected chi connectivity index (χ4v) is 3.58. The zero-order valence-corrected chi connectivity index (χ0v) is 11.8. The van der Waals surface area contributed by atoms with E-state index in [2.05, 4.69) is 18.7 Å². The van der Waals surface area contributed by atoms with Crippen LogP contribution in [0, 0.1) is 5.92 Å². The minimum atomic E-state index is 0.217. The standard InChI is InChI=1S/C15H30N2/c1-13(2)17-11-6-14(7-12-17)5-10-15(16)8-3-4-9-15/h13-14H,3-12,16H2,1-2H3. The molecule has 1 heterocycles. The van der Waals surface area contributed by atoms with Crippen molar-refractivity contribution >= 4 is 0 Å². The Kier molecular flexibility index (Phi) is 4.48. The summed E-state index contributed by atoms with van der Waals surface area (Å²) in [6, 6.07) is 0.728. The second-order valence-corrected chi connectivity index (χ2v) is 6.68. The molecule has 1 aliphatic heterocycles. The van der Waals surface area contributed by atoms with Gasteiger partial charge in [0.25, 0.3) is 0 Å². The van der Waals surface area contributed by atoms with Gasteiger partial charge in [-0.1, -0.05) is 12.8 Å². The van der Waals surface area contributed by atoms with E-state index in [4.69, 9.17) is 5.73 Å². The molecule has 0 atom stereocenters. The van der Waals surface area contributed by atoms with E-state index in [1.54, 1.807) is 0 Å². The van der Waals surface area contributed by atoms with Crippen molar-refractivity contribution in [1.82, 2.24) is 4.90 Å². The maximum absolute atomic E-state index is 6.44. The van der Waals surface area contributed by atoms with Crippen molar-refractivity contribution in [3.8, 4) is 0 Å². The van der Waals surface area contributed by atoms with Crippen LogP contribution in [0.25, 0.3) is 0 Å². The lowest BCUT2D eigenvalue weighted by atomic mass is 9.84. The van der Waals surface area contributed by atoms with Crippen LogP contribution in [0.5, 0.6) is 0 Å². The van der Waals surface area contributed by atoms with Gasteiger partial charge in [-0.05, 0) is 71.4 Å². The molecule has 0 amide bonds. The maximum atomic E-state index is 6.44. The van der Waals surface area contributed by atoms with Crippen LogP contribution >= 0.6 is 0 Å². The number of rotatable bonds is 4. The van der Waals surface area contributed by atoms with Gasteiger partial charge in [-0.3, -0.25) is 0 Å². The van der Waals surface area contributed by atoms with Gasteiger partial charge in [0.2, 0.25) is 0 Å². The van der Waals surface area contributed by atoms with Gasteiger partial charge in [0, 0.05) is 11.6 Å². The third-order valence-electron chi connectivity index (χ3n) is 5.03. The van der Waals surface area contributed by atoms with Crippen LogP contribution in [0.4, 0.5) is 0 Å². The van der Waals surface area contributed by atoms with Crippen molar-refractivity contribution in [2.24, 2.45) is 11.7 Å². The average Bonchev–Trinajstić information content (AvgIpc) is 2.75. The Labute approximate surface area is 107 Å². The normalized spacial score (nSPS) is 26.8. The minimum absolute atomic E-state index is 0.217. The van der Waals surface area contributed by atoms with Crippen LogP contribution in [-0.2, 0) is 0 Å². The van der Waals surface area contributed by atoms with Crippen molar-refractivity contribution in [3.05, 3.63) is 0 Å². The molecule has 2 fully saturated rings. The van der Waals surface area contributed by atoms with Gasteiger partial charge in [-0.25, -0.2) is 0 Å². The lowest BCUT2D eigenvalue weighted by Crippen LogP contribution is -2.40. The summed E-state index contributed by atoms with van der Waals surface area (Å²) in [5, 5.41) is 0. The molecule has 1 saturated heterocycles. The molecule has 0 aromatic carbocycles. The van der Waals surface area contributed by atoms with E-state index in [9.17, 15) is 0 Å². The van der Waals surface area contributed by atoms with Gasteiger partial charge in [0.15, 0.2) is 0 Å². The summed E-state index contributed by atoms with van der Waals surface area (Å²) in [6.07, 6.45) is 10.7. The van der Waals surface area contributed by atoms with Crippen LogP contribution in [0.3, 0.4) is 0 Å². The molecule has 0 unspecified atom stereocenters. The molecule has 2 heteroatoms. The molecule has 17 heavy (non-hydrogen) atoms. The highest BCUT2D eigenvalue weighted by Gasteiger charge is 2.30. The number of hydrogen-bond acceptors (Lipinski definition) is 2. The van der Waals surface area contributed by atoms with Gasteiger partial charge in [0.1, 0.15) is 0 Å². The fraction of sp³-hybridized carbons (Fsp3) is 1.00. The SMILES string of the molecule is CC(C)N1CCC(CCC2(N)CCCC2)CC1. The molecule has 2 rings (SSSR count). The zero-order chi connectivity index (χ0) is 12.3. The predicted octanol–water partition coefficient (Wildman–Crippen LogP) is 3.16. The van der Waals surface area contributed by atoms with E-state index in [-0.39, 0.29) is 5.54 Å². The first-order valence-electron chi connectivity index (χ1n) is 7.62. The third kappa shape index (κ3) is 3.69. The van der Waals surface area contributed by atoms with Gasteiger partial charge in [-0.15, -0.1) is 0 Å². The fourth-order valence-electron chi connectivity index (χ4n) is 3.58. The van der Waals surface area contributed by atoms with Gasteiger partial charge in [0.05, 0.1) is 0 Å². The lowest BCUT2D eigenvalue weighted by Gasteiger charge is -2.35. The Morgan fingerprint density at radius 2 is 1.76 bits per heavy atom. The molecule has 2 aliphatic rings. The van der Waals surface area contributed by atoms with Crippen LogP contribution < -0.4 is 5.73 Å². The highest BCUT2D eigenvalue weighted by atomic mass is 15.1. The Bertz CT molecular complexity index is 223. The van der Waals surface area contributed by atoms with E-state index >= 15 is 0 Å². The van der Waals surface area contributed by atoms with Gasteiger partial charge < -0.3 is 10.6 Å². The molecule has 0 aromatic heterocycles. The van der Waals surface area contributed by atoms with Gasteiger partial charge in [-0.2, -0.15) is 0 Å². The molecule has 0 aromatic rings. The van der Waals surface area contributed by atoms with E-state index < -0.39 is 0 Å². The molecule has 2 N–H and O–H groups in total. The quantitative estimate of drug-likeness (QED) is 0.815. The van der Waals surface area contributed by atoms with E-state index in [0.717, 1.165) is 12.0 Å². The first-order valence-corrected chi connectivity index (χ1v) is 7.62. The first-order chi connectivity index (χ1) is 8.09. The average molecular weight is 238 g/mol. The Hall–Kier alpha value is -0.0800. The minimum Gasteiger partial charge on any atom is -0.325 e. The van der Waals surface area contributed by atoms with Gasteiger partial charge >= 0.3 is 0 Å². The molecule has 1 aliphatic carbocycles. The second kappa shape index (κ2) is 5.71. The van der Waals surface area contributed by atoms with Crippen LogP contribution in [0.1, 0.15) is 65.2 Å². The summed E-state index contributed by atoms with van der Waals surface area (Å²) in [5.74, 6) is 0.950. The predicted molar refractivity (Wildman–Crippen MR) is 74.1 cm³/mol. The van der Waals surface area contributed by atoms with E-state index in [1.165, 1.54) is 64.5 Å².